The monoisotopic (exact) mass is 159 g/mol. The fraction of sp³-hybridized carbons (Fsp3) is 0.111. The summed E-state index contributed by atoms with van der Waals surface area (Å²) in [6.07, 6.45) is 5.25. The van der Waals surface area contributed by atoms with Crippen molar-refractivity contribution < 1.29 is 4.84 Å². The zero-order valence-corrected chi connectivity index (χ0v) is 6.40. The highest BCUT2D eigenvalue weighted by molar-refractivity contribution is 5.34. The molecular weight excluding hydrogens is 152 g/mol. The lowest BCUT2D eigenvalue weighted by atomic mass is 10.1. The third-order valence-corrected chi connectivity index (χ3v) is 1.62. The van der Waals surface area contributed by atoms with Crippen molar-refractivity contribution in [3.63, 3.8) is 0 Å². The Kier molecular flexibility index (Phi) is 1.86. The average molecular weight is 159 g/mol. The first kappa shape index (κ1) is 7.03. The maximum Gasteiger partial charge on any atom is 0.163 e. The quantitative estimate of drug-likeness (QED) is 0.571. The minimum atomic E-state index is 0.763. The van der Waals surface area contributed by atoms with Crippen LogP contribution in [0, 0.1) is 6.20 Å². The van der Waals surface area contributed by atoms with Crippen molar-refractivity contribution in [2.75, 3.05) is 0 Å². The summed E-state index contributed by atoms with van der Waals surface area (Å²) in [5.74, 6) is 0.763. The van der Waals surface area contributed by atoms with Crippen molar-refractivity contribution >= 4 is 0 Å². The molecule has 0 saturated heterocycles. The van der Waals surface area contributed by atoms with Crippen molar-refractivity contribution in [2.24, 2.45) is 10.4 Å². The Morgan fingerprint density at radius 3 is 3.25 bits per heavy atom. The summed E-state index contributed by atoms with van der Waals surface area (Å²) in [6, 6.07) is 7.74. The normalized spacial score (nSPS) is 19.7. The SMILES string of the molecule is [C]1=C\Cc2ccccc2O\N=N/1. The summed E-state index contributed by atoms with van der Waals surface area (Å²) in [4.78, 5) is 5.00. The molecule has 0 spiro atoms. The van der Waals surface area contributed by atoms with Crippen LogP contribution >= 0.6 is 0 Å². The van der Waals surface area contributed by atoms with E-state index in [1.807, 2.05) is 30.3 Å². The second-order valence-electron chi connectivity index (χ2n) is 2.42. The van der Waals surface area contributed by atoms with Crippen LogP contribution in [0.15, 0.2) is 40.7 Å². The number of allylic oxidation sites excluding steroid dienone is 1. The Morgan fingerprint density at radius 2 is 2.25 bits per heavy atom. The topological polar surface area (TPSA) is 34.0 Å². The molecule has 12 heavy (non-hydrogen) atoms. The van der Waals surface area contributed by atoms with Gasteiger partial charge in [0.2, 0.25) is 0 Å². The molecule has 0 aromatic heterocycles. The molecule has 1 heterocycles. The van der Waals surface area contributed by atoms with Crippen molar-refractivity contribution in [3.05, 3.63) is 42.1 Å². The molecule has 1 radical (unpaired) electrons. The predicted molar refractivity (Wildman–Crippen MR) is 43.4 cm³/mol. The molecule has 1 aliphatic heterocycles. The van der Waals surface area contributed by atoms with E-state index in [1.54, 1.807) is 0 Å². The molecule has 0 bridgehead atoms. The second-order valence-corrected chi connectivity index (χ2v) is 2.42. The van der Waals surface area contributed by atoms with Crippen molar-refractivity contribution in [1.82, 2.24) is 0 Å². The number of fused-ring (bicyclic) bond motifs is 1. The van der Waals surface area contributed by atoms with E-state index >= 15 is 0 Å². The van der Waals surface area contributed by atoms with E-state index < -0.39 is 0 Å². The van der Waals surface area contributed by atoms with E-state index in [2.05, 4.69) is 16.6 Å². The molecule has 0 atom stereocenters. The van der Waals surface area contributed by atoms with Crippen LogP contribution in [0.5, 0.6) is 5.75 Å². The van der Waals surface area contributed by atoms with Crippen molar-refractivity contribution in [2.45, 2.75) is 6.42 Å². The molecule has 0 saturated carbocycles. The van der Waals surface area contributed by atoms with Crippen LogP contribution in [-0.2, 0) is 6.42 Å². The van der Waals surface area contributed by atoms with E-state index in [0.29, 0.717) is 0 Å². The standard InChI is InChI=1S/C9H7N2O/c1-2-6-9-8(4-1)5-3-7-10-11-12-9/h1-4,6H,5H2/b7-3?,11-10-. The van der Waals surface area contributed by atoms with Crippen LogP contribution in [0.25, 0.3) is 0 Å². The molecule has 0 unspecified atom stereocenters. The number of benzene rings is 1. The van der Waals surface area contributed by atoms with Gasteiger partial charge in [-0.15, -0.1) is 5.11 Å². The minimum Gasteiger partial charge on any atom is -0.339 e. The van der Waals surface area contributed by atoms with Gasteiger partial charge in [0.25, 0.3) is 0 Å². The first-order valence-electron chi connectivity index (χ1n) is 3.69. The van der Waals surface area contributed by atoms with E-state index in [4.69, 9.17) is 4.84 Å². The maximum atomic E-state index is 5.00. The highest BCUT2D eigenvalue weighted by Gasteiger charge is 2.01. The van der Waals surface area contributed by atoms with Gasteiger partial charge in [-0.05, 0) is 18.6 Å². The van der Waals surface area contributed by atoms with Crippen LogP contribution in [0.4, 0.5) is 0 Å². The van der Waals surface area contributed by atoms with E-state index in [-0.39, 0.29) is 0 Å². The van der Waals surface area contributed by atoms with Crippen molar-refractivity contribution in [3.8, 4) is 5.75 Å². The molecule has 0 fully saturated rings. The van der Waals surface area contributed by atoms with Gasteiger partial charge >= 0.3 is 0 Å². The lowest BCUT2D eigenvalue weighted by molar-refractivity contribution is 0.306. The molecule has 2 rings (SSSR count). The second kappa shape index (κ2) is 3.17. The molecule has 0 N–H and O–H groups in total. The lowest BCUT2D eigenvalue weighted by Gasteiger charge is -2.04. The van der Waals surface area contributed by atoms with Crippen LogP contribution in [-0.4, -0.2) is 0 Å². The summed E-state index contributed by atoms with van der Waals surface area (Å²) in [7, 11) is 0. The van der Waals surface area contributed by atoms with Crippen LogP contribution in [0.1, 0.15) is 5.56 Å². The summed E-state index contributed by atoms with van der Waals surface area (Å²) in [5, 5.41) is 6.98. The number of hydrogen-bond donors (Lipinski definition) is 0. The summed E-state index contributed by atoms with van der Waals surface area (Å²) in [6.45, 7) is 0. The third kappa shape index (κ3) is 1.34. The number of hydrogen-bond acceptors (Lipinski definition) is 3. The molecule has 3 heteroatoms. The van der Waals surface area contributed by atoms with E-state index in [9.17, 15) is 0 Å². The number of rotatable bonds is 0. The van der Waals surface area contributed by atoms with Crippen LogP contribution in [0.2, 0.25) is 0 Å². The Hall–Kier alpha value is -1.64. The molecule has 1 aromatic rings. The summed E-state index contributed by atoms with van der Waals surface area (Å²) in [5.41, 5.74) is 1.10. The zero-order valence-electron chi connectivity index (χ0n) is 6.40. The summed E-state index contributed by atoms with van der Waals surface area (Å²) >= 11 is 0. The van der Waals surface area contributed by atoms with Gasteiger partial charge in [-0.25, -0.2) is 0 Å². The lowest BCUT2D eigenvalue weighted by Crippen LogP contribution is -1.90. The Morgan fingerprint density at radius 1 is 1.33 bits per heavy atom. The van der Waals surface area contributed by atoms with Gasteiger partial charge < -0.3 is 4.84 Å². The van der Waals surface area contributed by atoms with Gasteiger partial charge in [-0.3, -0.25) is 0 Å². The minimum absolute atomic E-state index is 0.763. The number of para-hydroxylation sites is 1. The molecule has 1 aliphatic rings. The third-order valence-electron chi connectivity index (χ3n) is 1.62. The molecule has 1 aromatic carbocycles. The fourth-order valence-corrected chi connectivity index (χ4v) is 1.05. The van der Waals surface area contributed by atoms with E-state index in [0.717, 1.165) is 17.7 Å². The first-order chi connectivity index (χ1) is 5.97. The van der Waals surface area contributed by atoms with Gasteiger partial charge in [0.05, 0.1) is 0 Å². The smallest absolute Gasteiger partial charge is 0.163 e. The van der Waals surface area contributed by atoms with Crippen molar-refractivity contribution in [1.29, 1.82) is 0 Å². The summed E-state index contributed by atoms with van der Waals surface area (Å²) < 4.78 is 0. The average Bonchev–Trinajstić information content (AvgIpc) is 2.06. The number of nitrogens with zero attached hydrogens (tertiary/aromatic N) is 2. The van der Waals surface area contributed by atoms with Crippen LogP contribution < -0.4 is 4.84 Å². The van der Waals surface area contributed by atoms with Gasteiger partial charge in [0.15, 0.2) is 5.75 Å². The maximum absolute atomic E-state index is 5.00. The highest BCUT2D eigenvalue weighted by atomic mass is 16.6. The van der Waals surface area contributed by atoms with Crippen LogP contribution in [0.3, 0.4) is 0 Å². The Bertz CT molecular complexity index is 298. The Balaban J connectivity index is 2.40. The van der Waals surface area contributed by atoms with E-state index in [1.165, 1.54) is 0 Å². The molecule has 59 valence electrons. The Labute approximate surface area is 70.3 Å². The van der Waals surface area contributed by atoms with Gasteiger partial charge in [0, 0.05) is 10.8 Å². The first-order valence-corrected chi connectivity index (χ1v) is 3.69. The molecule has 3 nitrogen and oxygen atoms in total. The fourth-order valence-electron chi connectivity index (χ4n) is 1.05. The zero-order chi connectivity index (χ0) is 8.23. The van der Waals surface area contributed by atoms with Gasteiger partial charge in [-0.1, -0.05) is 18.2 Å². The molecule has 0 aliphatic carbocycles. The van der Waals surface area contributed by atoms with Gasteiger partial charge in [-0.2, -0.15) is 0 Å². The highest BCUT2D eigenvalue weighted by Crippen LogP contribution is 2.19. The molecular formula is C9H7N2O. The van der Waals surface area contributed by atoms with Gasteiger partial charge in [0.1, 0.15) is 6.20 Å². The molecule has 0 amide bonds. The predicted octanol–water partition coefficient (Wildman–Crippen LogP) is 2.31. The largest absolute Gasteiger partial charge is 0.339 e.